The molecular formula is C32H34BrF3N8O4S2. The molecule has 11 rings (SSSR count). The van der Waals surface area contributed by atoms with E-state index in [0.29, 0.717) is 15.4 Å². The van der Waals surface area contributed by atoms with Crippen LogP contribution in [-0.2, 0) is 4.79 Å². The molecule has 6 aliphatic rings. The Balaban J connectivity index is 0.000000135. The predicted octanol–water partition coefficient (Wildman–Crippen LogP) is 6.38. The van der Waals surface area contributed by atoms with Gasteiger partial charge in [0.05, 0.1) is 33.1 Å². The third-order valence-electron chi connectivity index (χ3n) is 10.0. The number of piperidine rings is 6. The molecule has 0 radical (unpaired) electrons. The van der Waals surface area contributed by atoms with E-state index in [1.54, 1.807) is 6.20 Å². The number of aromatic amines is 3. The maximum absolute atomic E-state index is 12.6. The number of rotatable bonds is 3. The first-order valence-electron chi connectivity index (χ1n) is 16.4. The maximum Gasteiger partial charge on any atom is 0.490 e. The zero-order valence-corrected chi connectivity index (χ0v) is 30.1. The molecule has 266 valence electrons. The van der Waals surface area contributed by atoms with Crippen molar-refractivity contribution in [2.45, 2.75) is 63.7 Å². The molecule has 4 bridgehead atoms. The molecule has 11 heterocycles. The number of hydrogen-bond acceptors (Lipinski definition) is 10. The number of carboxylic acids is 1. The molecule has 6 fully saturated rings. The summed E-state index contributed by atoms with van der Waals surface area (Å²) < 4.78 is 34.1. The highest BCUT2D eigenvalue weighted by Gasteiger charge is 2.39. The minimum Gasteiger partial charge on any atom is -0.475 e. The number of aryl methyl sites for hydroxylation is 1. The SMILES string of the molecule is Cc1[nH]ncc1-c1cc2nc([C@H]3CC4CCN3CC4)[nH]c(=O)c2s1.O=C(O)C(F)(F)F.O=c1[nH]c([C@H]2CC3CCN2CC3)nc2cc(Br)sc12. The van der Waals surface area contributed by atoms with Crippen LogP contribution in [0, 0.1) is 18.8 Å². The van der Waals surface area contributed by atoms with Gasteiger partial charge in [0.1, 0.15) is 21.0 Å². The van der Waals surface area contributed by atoms with Gasteiger partial charge in [-0.25, -0.2) is 14.8 Å². The third-order valence-corrected chi connectivity index (χ3v) is 12.8. The molecule has 5 aromatic rings. The van der Waals surface area contributed by atoms with Crippen molar-refractivity contribution in [2.24, 2.45) is 11.8 Å². The number of thiophene rings is 2. The largest absolute Gasteiger partial charge is 0.490 e. The highest BCUT2D eigenvalue weighted by Crippen LogP contribution is 2.41. The summed E-state index contributed by atoms with van der Waals surface area (Å²) in [5.41, 5.74) is 3.65. The standard InChI is InChI=1S/C17H19N5OS.C13H14BrN3OS.C2HF3O2/c1-9-11(8-18-21-9)14-7-12-15(24-14)17(23)20-16(19-12)13-6-10-2-4-22(13)5-3-10;14-10-6-8-11(19-10)13(18)16-12(15-8)9-5-7-1-3-17(9)4-2-7;3-2(4,5)1(6)7/h7-8,10,13H,2-6H2,1H3,(H,18,21)(H,19,20,23);6-7,9H,1-5H2,(H,15,16,18);(H,6,7)/t13-;9-;/m11./s1. The number of H-pyrrole nitrogens is 3. The third kappa shape index (κ3) is 7.17. The Hall–Kier alpha value is -3.45. The lowest BCUT2D eigenvalue weighted by molar-refractivity contribution is -0.192. The number of aliphatic carboxylic acids is 1. The minimum atomic E-state index is -5.08. The summed E-state index contributed by atoms with van der Waals surface area (Å²) in [6.07, 6.45) is 4.14. The van der Waals surface area contributed by atoms with E-state index in [0.717, 1.165) is 93.5 Å². The second-order valence-corrected chi connectivity index (χ2v) is 16.6. The van der Waals surface area contributed by atoms with Crippen molar-refractivity contribution in [3.8, 4) is 10.4 Å². The molecule has 0 spiro atoms. The van der Waals surface area contributed by atoms with Crippen LogP contribution in [0.1, 0.15) is 68.0 Å². The molecule has 5 aromatic heterocycles. The quantitative estimate of drug-likeness (QED) is 0.162. The molecule has 12 nitrogen and oxygen atoms in total. The number of alkyl halides is 3. The number of hydrogen-bond donors (Lipinski definition) is 4. The van der Waals surface area contributed by atoms with Crippen LogP contribution in [-0.4, -0.2) is 83.4 Å². The highest BCUT2D eigenvalue weighted by molar-refractivity contribution is 9.11. The van der Waals surface area contributed by atoms with Gasteiger partial charge in [-0.3, -0.25) is 24.5 Å². The lowest BCUT2D eigenvalue weighted by Gasteiger charge is -2.44. The van der Waals surface area contributed by atoms with E-state index >= 15 is 0 Å². The van der Waals surface area contributed by atoms with Gasteiger partial charge < -0.3 is 15.1 Å². The van der Waals surface area contributed by atoms with Gasteiger partial charge in [0.25, 0.3) is 11.1 Å². The van der Waals surface area contributed by atoms with Gasteiger partial charge in [-0.1, -0.05) is 0 Å². The van der Waals surface area contributed by atoms with Crippen molar-refractivity contribution in [1.82, 2.24) is 39.9 Å². The van der Waals surface area contributed by atoms with Gasteiger partial charge in [0, 0.05) is 16.1 Å². The van der Waals surface area contributed by atoms with Crippen molar-refractivity contribution >= 4 is 65.0 Å². The van der Waals surface area contributed by atoms with Crippen molar-refractivity contribution in [3.63, 3.8) is 0 Å². The number of carbonyl (C=O) groups is 1. The van der Waals surface area contributed by atoms with Gasteiger partial charge in [-0.2, -0.15) is 18.3 Å². The second-order valence-electron chi connectivity index (χ2n) is 13.2. The summed E-state index contributed by atoms with van der Waals surface area (Å²) in [4.78, 5) is 55.2. The van der Waals surface area contributed by atoms with E-state index in [1.807, 2.05) is 19.1 Å². The van der Waals surface area contributed by atoms with E-state index < -0.39 is 12.1 Å². The number of nitrogens with zero attached hydrogens (tertiary/aromatic N) is 5. The smallest absolute Gasteiger partial charge is 0.475 e. The summed E-state index contributed by atoms with van der Waals surface area (Å²) in [5.74, 6) is 0.530. The molecule has 6 saturated heterocycles. The maximum atomic E-state index is 12.6. The Kier molecular flexibility index (Phi) is 9.75. The first kappa shape index (κ1) is 35.0. The summed E-state index contributed by atoms with van der Waals surface area (Å²) in [5, 5.41) is 14.2. The van der Waals surface area contributed by atoms with E-state index in [9.17, 15) is 22.8 Å². The fourth-order valence-electron chi connectivity index (χ4n) is 7.43. The Morgan fingerprint density at radius 3 is 1.78 bits per heavy atom. The molecule has 0 saturated carbocycles. The van der Waals surface area contributed by atoms with Crippen LogP contribution in [0.15, 0.2) is 31.7 Å². The Labute approximate surface area is 299 Å². The van der Waals surface area contributed by atoms with Crippen LogP contribution >= 0.6 is 38.6 Å². The van der Waals surface area contributed by atoms with Gasteiger partial charge in [-0.05, 0) is 112 Å². The van der Waals surface area contributed by atoms with Crippen molar-refractivity contribution in [2.75, 3.05) is 26.2 Å². The molecule has 0 aromatic carbocycles. The van der Waals surface area contributed by atoms with Gasteiger partial charge in [0.2, 0.25) is 0 Å². The summed E-state index contributed by atoms with van der Waals surface area (Å²) in [6, 6.07) is 4.54. The molecule has 4 N–H and O–H groups in total. The lowest BCUT2D eigenvalue weighted by Crippen LogP contribution is -2.44. The zero-order valence-electron chi connectivity index (χ0n) is 26.8. The van der Waals surface area contributed by atoms with E-state index in [2.05, 4.69) is 50.9 Å². The van der Waals surface area contributed by atoms with Crippen LogP contribution < -0.4 is 11.1 Å². The number of fused-ring (bicyclic) bond motifs is 8. The Morgan fingerprint density at radius 1 is 0.880 bits per heavy atom. The molecule has 0 aliphatic carbocycles. The first-order valence-corrected chi connectivity index (χ1v) is 18.8. The monoisotopic (exact) mass is 794 g/mol. The van der Waals surface area contributed by atoms with Crippen LogP contribution in [0.3, 0.4) is 0 Å². The van der Waals surface area contributed by atoms with Gasteiger partial charge in [0.15, 0.2) is 0 Å². The second kappa shape index (κ2) is 13.9. The fraction of sp³-hybridized carbons (Fsp3) is 0.500. The summed E-state index contributed by atoms with van der Waals surface area (Å²) >= 11 is 6.36. The molecule has 0 unspecified atom stereocenters. The van der Waals surface area contributed by atoms with Crippen LogP contribution in [0.4, 0.5) is 13.2 Å². The van der Waals surface area contributed by atoms with Gasteiger partial charge in [-0.15, -0.1) is 22.7 Å². The number of carboxylic acid groups (broad SMARTS) is 1. The number of halogens is 4. The van der Waals surface area contributed by atoms with E-state index in [-0.39, 0.29) is 17.2 Å². The van der Waals surface area contributed by atoms with Crippen LogP contribution in [0.2, 0.25) is 0 Å². The summed E-state index contributed by atoms with van der Waals surface area (Å²) in [6.45, 7) is 6.52. The highest BCUT2D eigenvalue weighted by atomic mass is 79.9. The molecule has 50 heavy (non-hydrogen) atoms. The summed E-state index contributed by atoms with van der Waals surface area (Å²) in [7, 11) is 0. The van der Waals surface area contributed by atoms with Crippen molar-refractivity contribution < 1.29 is 23.1 Å². The normalized spacial score (nSPS) is 25.6. The average molecular weight is 796 g/mol. The van der Waals surface area contributed by atoms with Crippen LogP contribution in [0.25, 0.3) is 30.9 Å². The zero-order chi connectivity index (χ0) is 35.3. The molecule has 18 heteroatoms. The lowest BCUT2D eigenvalue weighted by atomic mass is 9.83. The van der Waals surface area contributed by atoms with Crippen LogP contribution in [0.5, 0.6) is 0 Å². The number of aromatic nitrogens is 6. The molecule has 6 aliphatic heterocycles. The Bertz CT molecular complexity index is 2140. The molecule has 2 atom stereocenters. The van der Waals surface area contributed by atoms with Crippen molar-refractivity contribution in [1.29, 1.82) is 0 Å². The topological polar surface area (TPSA) is 164 Å². The van der Waals surface area contributed by atoms with E-state index in [4.69, 9.17) is 14.9 Å². The average Bonchev–Trinajstić information content (AvgIpc) is 3.83. The molecular weight excluding hydrogens is 761 g/mol. The minimum absolute atomic E-state index is 0.00153. The number of nitrogens with one attached hydrogen (secondary N) is 3. The molecule has 0 amide bonds. The van der Waals surface area contributed by atoms with E-state index in [1.165, 1.54) is 48.4 Å². The first-order chi connectivity index (χ1) is 23.8. The fourth-order valence-corrected chi connectivity index (χ4v) is 9.91. The van der Waals surface area contributed by atoms with Gasteiger partial charge >= 0.3 is 12.1 Å². The van der Waals surface area contributed by atoms with Crippen molar-refractivity contribution in [3.05, 3.63) is 60.2 Å². The Morgan fingerprint density at radius 2 is 1.36 bits per heavy atom. The predicted molar refractivity (Wildman–Crippen MR) is 188 cm³/mol.